The molecule has 0 radical (unpaired) electrons. The van der Waals surface area contributed by atoms with E-state index in [0.717, 1.165) is 39.0 Å². The third kappa shape index (κ3) is 3.33. The van der Waals surface area contributed by atoms with E-state index >= 15 is 0 Å². The predicted octanol–water partition coefficient (Wildman–Crippen LogP) is 2.04. The Bertz CT molecular complexity index is 356. The summed E-state index contributed by atoms with van der Waals surface area (Å²) in [5, 5.41) is 8.20. The molecule has 0 saturated carbocycles. The molecule has 4 nitrogen and oxygen atoms in total. The first kappa shape index (κ1) is 13.6. The number of nitrogens with zero attached hydrogens (tertiary/aromatic N) is 3. The Hall–Kier alpha value is -0.870. The van der Waals surface area contributed by atoms with Crippen molar-refractivity contribution in [2.75, 3.05) is 19.6 Å². The van der Waals surface area contributed by atoms with Crippen LogP contribution in [0.15, 0.2) is 12.3 Å². The molecule has 2 rings (SSSR count). The van der Waals surface area contributed by atoms with Crippen LogP contribution in [0.5, 0.6) is 0 Å². The van der Waals surface area contributed by atoms with E-state index in [1.807, 2.05) is 0 Å². The van der Waals surface area contributed by atoms with Crippen LogP contribution in [0.2, 0.25) is 0 Å². The molecule has 1 aliphatic heterocycles. The van der Waals surface area contributed by atoms with Gasteiger partial charge >= 0.3 is 0 Å². The molecule has 102 valence electrons. The van der Waals surface area contributed by atoms with Gasteiger partial charge in [-0.3, -0.25) is 9.58 Å². The van der Waals surface area contributed by atoms with E-state index in [9.17, 15) is 0 Å². The highest BCUT2D eigenvalue weighted by Crippen LogP contribution is 2.15. The first-order valence-electron chi connectivity index (χ1n) is 7.22. The molecule has 0 aliphatic carbocycles. The minimum atomic E-state index is 0.556. The number of rotatable bonds is 5. The molecule has 1 unspecified atom stereocenters. The van der Waals surface area contributed by atoms with E-state index in [0.29, 0.717) is 12.1 Å². The number of nitrogens with one attached hydrogen (secondary N) is 1. The zero-order valence-corrected chi connectivity index (χ0v) is 11.9. The molecule has 2 heterocycles. The molecule has 1 aromatic rings. The summed E-state index contributed by atoms with van der Waals surface area (Å²) in [4.78, 5) is 2.49. The second kappa shape index (κ2) is 6.34. The van der Waals surface area contributed by atoms with Gasteiger partial charge in [-0.1, -0.05) is 13.8 Å². The van der Waals surface area contributed by atoms with Gasteiger partial charge in [0.15, 0.2) is 0 Å². The highest BCUT2D eigenvalue weighted by atomic mass is 15.3. The zero-order chi connectivity index (χ0) is 13.0. The molecule has 0 bridgehead atoms. The van der Waals surface area contributed by atoms with Crippen molar-refractivity contribution in [2.24, 2.45) is 0 Å². The molecule has 0 amide bonds. The fraction of sp³-hybridized carbons (Fsp3) is 0.786. The molecule has 1 atom stereocenters. The lowest BCUT2D eigenvalue weighted by Gasteiger charge is -2.31. The average Bonchev–Trinajstić information content (AvgIpc) is 2.79. The molecular weight excluding hydrogens is 224 g/mol. The van der Waals surface area contributed by atoms with Crippen molar-refractivity contribution in [3.8, 4) is 0 Å². The fourth-order valence-corrected chi connectivity index (χ4v) is 2.71. The van der Waals surface area contributed by atoms with Gasteiger partial charge < -0.3 is 5.32 Å². The Morgan fingerprint density at radius 3 is 2.89 bits per heavy atom. The Morgan fingerprint density at radius 2 is 2.22 bits per heavy atom. The highest BCUT2D eigenvalue weighted by molar-refractivity contribution is 5.00. The van der Waals surface area contributed by atoms with Crippen LogP contribution in [0.4, 0.5) is 0 Å². The lowest BCUT2D eigenvalue weighted by atomic mass is 10.2. The molecule has 1 saturated heterocycles. The van der Waals surface area contributed by atoms with Gasteiger partial charge in [-0.25, -0.2) is 0 Å². The van der Waals surface area contributed by atoms with Crippen molar-refractivity contribution >= 4 is 0 Å². The lowest BCUT2D eigenvalue weighted by Crippen LogP contribution is -2.48. The first-order valence-corrected chi connectivity index (χ1v) is 7.22. The number of aromatic nitrogens is 2. The number of hydrogen-bond donors (Lipinski definition) is 1. The summed E-state index contributed by atoms with van der Waals surface area (Å²) in [6.45, 7) is 11.0. The van der Waals surface area contributed by atoms with E-state index < -0.39 is 0 Å². The average molecular weight is 250 g/mol. The summed E-state index contributed by atoms with van der Waals surface area (Å²) < 4.78 is 2.14. The van der Waals surface area contributed by atoms with Crippen LogP contribution in [0.25, 0.3) is 0 Å². The maximum atomic E-state index is 4.73. The molecule has 1 fully saturated rings. The Labute approximate surface area is 110 Å². The standard InChI is InChI=1S/C14H26N4/c1-4-14(5-2)18-8-6-13(16-18)11-17-9-7-15-12(3)10-17/h6,8,12,14-15H,4-5,7,9-11H2,1-3H3. The summed E-state index contributed by atoms with van der Waals surface area (Å²) in [5.74, 6) is 0. The van der Waals surface area contributed by atoms with E-state index in [-0.39, 0.29) is 0 Å². The van der Waals surface area contributed by atoms with Gasteiger partial charge in [0, 0.05) is 38.4 Å². The monoisotopic (exact) mass is 250 g/mol. The van der Waals surface area contributed by atoms with Gasteiger partial charge in [-0.05, 0) is 25.8 Å². The van der Waals surface area contributed by atoms with Crippen molar-refractivity contribution in [1.82, 2.24) is 20.0 Å². The molecule has 0 aromatic carbocycles. The number of hydrogen-bond acceptors (Lipinski definition) is 3. The Kier molecular flexibility index (Phi) is 4.78. The van der Waals surface area contributed by atoms with Crippen molar-refractivity contribution in [3.05, 3.63) is 18.0 Å². The van der Waals surface area contributed by atoms with E-state index in [1.165, 1.54) is 5.69 Å². The van der Waals surface area contributed by atoms with Gasteiger partial charge in [0.1, 0.15) is 0 Å². The summed E-state index contributed by atoms with van der Waals surface area (Å²) in [6.07, 6.45) is 4.45. The van der Waals surface area contributed by atoms with Crippen LogP contribution in [0, 0.1) is 0 Å². The molecule has 4 heteroatoms. The van der Waals surface area contributed by atoms with Gasteiger partial charge in [0.25, 0.3) is 0 Å². The SMILES string of the molecule is CCC(CC)n1ccc(CN2CCNC(C)C2)n1. The highest BCUT2D eigenvalue weighted by Gasteiger charge is 2.17. The van der Waals surface area contributed by atoms with Gasteiger partial charge in [0.05, 0.1) is 11.7 Å². The Morgan fingerprint density at radius 1 is 1.44 bits per heavy atom. The summed E-state index contributed by atoms with van der Waals surface area (Å²) >= 11 is 0. The lowest BCUT2D eigenvalue weighted by molar-refractivity contribution is 0.197. The largest absolute Gasteiger partial charge is 0.312 e. The number of piperazine rings is 1. The maximum absolute atomic E-state index is 4.73. The van der Waals surface area contributed by atoms with Crippen LogP contribution in [0.3, 0.4) is 0 Å². The van der Waals surface area contributed by atoms with Gasteiger partial charge in [-0.15, -0.1) is 0 Å². The van der Waals surface area contributed by atoms with Crippen molar-refractivity contribution in [2.45, 2.75) is 52.2 Å². The van der Waals surface area contributed by atoms with E-state index in [4.69, 9.17) is 5.10 Å². The summed E-state index contributed by atoms with van der Waals surface area (Å²) in [7, 11) is 0. The second-order valence-corrected chi connectivity index (χ2v) is 5.35. The fourth-order valence-electron chi connectivity index (χ4n) is 2.71. The summed E-state index contributed by atoms with van der Waals surface area (Å²) in [6, 6.07) is 3.32. The van der Waals surface area contributed by atoms with Crippen molar-refractivity contribution < 1.29 is 0 Å². The second-order valence-electron chi connectivity index (χ2n) is 5.35. The van der Waals surface area contributed by atoms with Crippen LogP contribution >= 0.6 is 0 Å². The summed E-state index contributed by atoms with van der Waals surface area (Å²) in [5.41, 5.74) is 1.20. The van der Waals surface area contributed by atoms with E-state index in [2.05, 4.69) is 47.9 Å². The molecule has 1 aliphatic rings. The van der Waals surface area contributed by atoms with Crippen LogP contribution in [-0.2, 0) is 6.54 Å². The third-order valence-corrected chi connectivity index (χ3v) is 3.82. The predicted molar refractivity (Wildman–Crippen MR) is 74.6 cm³/mol. The van der Waals surface area contributed by atoms with Gasteiger partial charge in [0.2, 0.25) is 0 Å². The zero-order valence-electron chi connectivity index (χ0n) is 11.9. The van der Waals surface area contributed by atoms with Crippen molar-refractivity contribution in [1.29, 1.82) is 0 Å². The third-order valence-electron chi connectivity index (χ3n) is 3.82. The quantitative estimate of drug-likeness (QED) is 0.868. The molecule has 1 aromatic heterocycles. The van der Waals surface area contributed by atoms with Crippen molar-refractivity contribution in [3.63, 3.8) is 0 Å². The van der Waals surface area contributed by atoms with E-state index in [1.54, 1.807) is 0 Å². The topological polar surface area (TPSA) is 33.1 Å². The first-order chi connectivity index (χ1) is 8.72. The maximum Gasteiger partial charge on any atom is 0.0764 e. The van der Waals surface area contributed by atoms with Gasteiger partial charge in [-0.2, -0.15) is 5.10 Å². The normalized spacial score (nSPS) is 21.7. The molecule has 1 N–H and O–H groups in total. The minimum absolute atomic E-state index is 0.556. The van der Waals surface area contributed by atoms with Crippen LogP contribution in [0.1, 0.15) is 45.3 Å². The molecule has 0 spiro atoms. The van der Waals surface area contributed by atoms with Crippen LogP contribution in [-0.4, -0.2) is 40.4 Å². The minimum Gasteiger partial charge on any atom is -0.312 e. The molecule has 18 heavy (non-hydrogen) atoms. The molecular formula is C14H26N4. The van der Waals surface area contributed by atoms with Crippen LogP contribution < -0.4 is 5.32 Å². The Balaban J connectivity index is 1.93. The smallest absolute Gasteiger partial charge is 0.0764 e.